The minimum atomic E-state index is -1.37. The number of esters is 1. The van der Waals surface area contributed by atoms with E-state index in [2.05, 4.69) is 16.1 Å². The molecule has 0 spiro atoms. The molecule has 15 nitrogen and oxygen atoms in total. The molecule has 1 saturated heterocycles. The minimum absolute atomic E-state index is 0.00363. The van der Waals surface area contributed by atoms with Crippen LogP contribution in [0.4, 0.5) is 4.39 Å². The van der Waals surface area contributed by atoms with Gasteiger partial charge in [0, 0.05) is 45.0 Å². The zero-order valence-corrected chi connectivity index (χ0v) is 34.8. The Morgan fingerprint density at radius 3 is 2.47 bits per heavy atom. The van der Waals surface area contributed by atoms with Crippen LogP contribution in [0, 0.1) is 17.7 Å². The lowest BCUT2D eigenvalue weighted by Crippen LogP contribution is -2.62. The second-order valence-electron chi connectivity index (χ2n) is 15.1. The Morgan fingerprint density at radius 1 is 1.08 bits per heavy atom. The molecule has 2 heterocycles. The smallest absolute Gasteiger partial charge is 0.325 e. The van der Waals surface area contributed by atoms with E-state index < -0.39 is 83.3 Å². The van der Waals surface area contributed by atoms with Gasteiger partial charge in [-0.25, -0.2) is 14.9 Å². The zero-order chi connectivity index (χ0) is 43.8. The summed E-state index contributed by atoms with van der Waals surface area (Å²) in [4.78, 5) is 85.0. The Kier molecular flexibility index (Phi) is 18.9. The number of aliphatic hydroxyl groups is 1. The van der Waals surface area contributed by atoms with Crippen molar-refractivity contribution in [1.82, 2.24) is 26.1 Å². The summed E-state index contributed by atoms with van der Waals surface area (Å²) in [5.41, 5.74) is 4.13. The van der Waals surface area contributed by atoms with E-state index in [1.54, 1.807) is 64.2 Å². The predicted octanol–water partition coefficient (Wildman–Crippen LogP) is 3.44. The summed E-state index contributed by atoms with van der Waals surface area (Å²) in [7, 11) is 2.81. The van der Waals surface area contributed by atoms with Crippen molar-refractivity contribution in [3.8, 4) is 5.75 Å². The van der Waals surface area contributed by atoms with Crippen molar-refractivity contribution in [2.75, 3.05) is 20.7 Å². The maximum atomic E-state index is 14.4. The molecule has 1 aromatic carbocycles. The van der Waals surface area contributed by atoms with Gasteiger partial charge in [-0.2, -0.15) is 0 Å². The Morgan fingerprint density at radius 2 is 1.81 bits per heavy atom. The van der Waals surface area contributed by atoms with Crippen LogP contribution in [0.15, 0.2) is 78.0 Å². The SMILES string of the molecule is CON(C)C(=O)/C=C/C=C(\C)[C@@H]1C/C=C/C=C/C=C(\C)[C@@H](O)[C@@H](CCC(C)=O)C(=O)N[C@@H](C(C)C)C(=O)NC(Cc2cc(O)cc(F)c2)C(=O)N2CCCC(N2)C(=O)O1. The number of carbonyl (C=O) groups excluding carboxylic acids is 6. The first-order chi connectivity index (χ1) is 27.9. The number of amides is 4. The molecule has 0 aliphatic carbocycles. The first kappa shape index (κ1) is 47.9. The zero-order valence-electron chi connectivity index (χ0n) is 34.8. The number of phenols is 1. The summed E-state index contributed by atoms with van der Waals surface area (Å²) in [6.07, 6.45) is 11.4. The third-order valence-electron chi connectivity index (χ3n) is 9.99. The van der Waals surface area contributed by atoms with Gasteiger partial charge in [0.05, 0.1) is 19.1 Å². The first-order valence-electron chi connectivity index (χ1n) is 19.6. The fourth-order valence-corrected chi connectivity index (χ4v) is 6.44. The van der Waals surface area contributed by atoms with Crippen molar-refractivity contribution in [3.05, 3.63) is 89.3 Å². The van der Waals surface area contributed by atoms with Crippen LogP contribution in [-0.2, 0) is 44.8 Å². The number of hydrogen-bond donors (Lipinski definition) is 5. The summed E-state index contributed by atoms with van der Waals surface area (Å²) in [5, 5.41) is 29.2. The van der Waals surface area contributed by atoms with Crippen molar-refractivity contribution in [2.24, 2.45) is 11.8 Å². The average molecular weight is 824 g/mol. The quantitative estimate of drug-likeness (QED) is 0.100. The van der Waals surface area contributed by atoms with Crippen molar-refractivity contribution < 1.29 is 52.9 Å². The molecule has 2 aliphatic heterocycles. The number of halogens is 1. The molecule has 16 heteroatoms. The monoisotopic (exact) mass is 823 g/mol. The number of phenolic OH excluding ortho intramolecular Hbond substituents is 1. The molecule has 0 saturated carbocycles. The second-order valence-corrected chi connectivity index (χ2v) is 15.1. The summed E-state index contributed by atoms with van der Waals surface area (Å²) in [6.45, 7) is 8.25. The first-order valence-corrected chi connectivity index (χ1v) is 19.6. The Labute approximate surface area is 345 Å². The van der Waals surface area contributed by atoms with Crippen molar-refractivity contribution >= 4 is 35.4 Å². The van der Waals surface area contributed by atoms with Crippen molar-refractivity contribution in [1.29, 1.82) is 0 Å². The molecule has 0 radical (unpaired) electrons. The molecule has 5 N–H and O–H groups in total. The number of rotatable bonds is 10. The third-order valence-corrected chi connectivity index (χ3v) is 9.99. The van der Waals surface area contributed by atoms with Gasteiger partial charge in [0.15, 0.2) is 0 Å². The van der Waals surface area contributed by atoms with Gasteiger partial charge in [0.25, 0.3) is 11.8 Å². The maximum Gasteiger partial charge on any atom is 0.325 e. The molecular weight excluding hydrogens is 765 g/mol. The normalized spacial score (nSPS) is 26.4. The largest absolute Gasteiger partial charge is 0.508 e. The van der Waals surface area contributed by atoms with Gasteiger partial charge in [0.1, 0.15) is 41.6 Å². The van der Waals surface area contributed by atoms with Gasteiger partial charge in [-0.15, -0.1) is 0 Å². The lowest BCUT2D eigenvalue weighted by atomic mass is 9.89. The molecule has 2 unspecified atom stereocenters. The van der Waals surface area contributed by atoms with E-state index in [0.717, 1.165) is 17.2 Å². The Hall–Kier alpha value is -5.45. The van der Waals surface area contributed by atoms with E-state index in [0.29, 0.717) is 24.0 Å². The number of aromatic hydroxyl groups is 1. The standard InChI is InChI=1S/C43H58FN5O10/c1-26(2)38-41(55)45-35(24-30-22-31(44)25-32(51)23-30)42(56)49-21-13-16-34(47-49)43(57)59-36(27(3)15-12-18-37(52)48(6)58-7)17-11-9-8-10-14-28(4)39(53)33(40(54)46-38)20-19-29(5)50/h8-12,14-15,18,22-23,25-26,33-36,38-39,47,51,53H,13,16-17,19-21,24H2,1-7H3,(H,45,55)(H,46,54)/b10-8+,11-9+,18-12+,27-15+,28-14+/t33-,34?,35?,36+,38+,39-/m1/s1. The van der Waals surface area contributed by atoms with Crippen LogP contribution in [0.3, 0.4) is 0 Å². The second kappa shape index (κ2) is 23.2. The fourth-order valence-electron chi connectivity index (χ4n) is 6.44. The molecule has 59 heavy (non-hydrogen) atoms. The summed E-state index contributed by atoms with van der Waals surface area (Å²) in [5.74, 6) is -6.16. The third kappa shape index (κ3) is 15.0. The molecule has 322 valence electrons. The molecule has 2 bridgehead atoms. The topological polar surface area (TPSA) is 204 Å². The number of fused-ring (bicyclic) bond motifs is 2. The molecule has 4 amide bonds. The van der Waals surface area contributed by atoms with E-state index in [1.165, 1.54) is 44.3 Å². The number of ketones is 1. The number of hydroxylamine groups is 2. The number of ether oxygens (including phenoxy) is 1. The summed E-state index contributed by atoms with van der Waals surface area (Å²) in [6, 6.07) is -0.281. The number of nitrogens with zero attached hydrogens (tertiary/aromatic N) is 2. The molecular formula is C43H58FN5O10. The average Bonchev–Trinajstić information content (AvgIpc) is 3.18. The van der Waals surface area contributed by atoms with Gasteiger partial charge >= 0.3 is 5.97 Å². The van der Waals surface area contributed by atoms with Crippen LogP contribution < -0.4 is 16.1 Å². The van der Waals surface area contributed by atoms with Crippen LogP contribution in [0.25, 0.3) is 0 Å². The van der Waals surface area contributed by atoms with Crippen molar-refractivity contribution in [2.45, 2.75) is 103 Å². The van der Waals surface area contributed by atoms with Gasteiger partial charge < -0.3 is 30.4 Å². The van der Waals surface area contributed by atoms with Crippen LogP contribution in [0.5, 0.6) is 5.75 Å². The van der Waals surface area contributed by atoms with Crippen molar-refractivity contribution in [3.63, 3.8) is 0 Å². The highest BCUT2D eigenvalue weighted by molar-refractivity contribution is 5.93. The van der Waals surface area contributed by atoms with Crippen LogP contribution in [0.2, 0.25) is 0 Å². The minimum Gasteiger partial charge on any atom is -0.508 e. The number of hydrazine groups is 1. The molecule has 0 aromatic heterocycles. The number of nitrogens with one attached hydrogen (secondary N) is 3. The number of benzene rings is 1. The summed E-state index contributed by atoms with van der Waals surface area (Å²) >= 11 is 0. The number of likely N-dealkylation sites (N-methyl/N-ethyl adjacent to an activating group) is 1. The van der Waals surface area contributed by atoms with E-state index in [1.807, 2.05) is 0 Å². The van der Waals surface area contributed by atoms with E-state index in [9.17, 15) is 43.4 Å². The number of allylic oxidation sites excluding steroid dienone is 6. The molecule has 1 aromatic rings. The Bertz CT molecular complexity index is 1820. The molecule has 6 atom stereocenters. The highest BCUT2D eigenvalue weighted by Gasteiger charge is 2.37. The Balaban J connectivity index is 2.09. The van der Waals surface area contributed by atoms with Crippen LogP contribution in [0.1, 0.15) is 72.3 Å². The highest BCUT2D eigenvalue weighted by Crippen LogP contribution is 2.22. The van der Waals surface area contributed by atoms with E-state index in [4.69, 9.17) is 9.57 Å². The molecule has 3 rings (SSSR count). The van der Waals surface area contributed by atoms with Crippen LogP contribution >= 0.6 is 0 Å². The fraction of sp³-hybridized carbons (Fsp3) is 0.488. The van der Waals surface area contributed by atoms with Gasteiger partial charge in [0.2, 0.25) is 11.8 Å². The van der Waals surface area contributed by atoms with Crippen LogP contribution in [-0.4, -0.2) is 107 Å². The molecule has 2 aliphatic rings. The van der Waals surface area contributed by atoms with E-state index >= 15 is 0 Å². The highest BCUT2D eigenvalue weighted by atomic mass is 19.1. The number of aliphatic hydroxyl groups excluding tert-OH is 1. The summed E-state index contributed by atoms with van der Waals surface area (Å²) < 4.78 is 20.4. The predicted molar refractivity (Wildman–Crippen MR) is 217 cm³/mol. The number of cyclic esters (lactones) is 1. The van der Waals surface area contributed by atoms with Gasteiger partial charge in [-0.05, 0) is 74.8 Å². The van der Waals surface area contributed by atoms with Gasteiger partial charge in [-0.1, -0.05) is 56.4 Å². The lowest BCUT2D eigenvalue weighted by molar-refractivity contribution is -0.162. The number of Topliss-reactive ketones (excluding diaryl/α,β-unsaturated/α-hetero) is 1. The molecule has 1 fully saturated rings. The lowest BCUT2D eigenvalue weighted by Gasteiger charge is -2.36. The maximum absolute atomic E-state index is 14.4. The van der Waals surface area contributed by atoms with E-state index in [-0.39, 0.29) is 43.6 Å². The number of carbonyl (C=O) groups is 6. The van der Waals surface area contributed by atoms with Gasteiger partial charge in [-0.3, -0.25) is 33.8 Å². The number of hydrogen-bond acceptors (Lipinski definition) is 11.